The van der Waals surface area contributed by atoms with Crippen LogP contribution in [0.3, 0.4) is 0 Å². The summed E-state index contributed by atoms with van der Waals surface area (Å²) >= 11 is 3.51. The fourth-order valence-electron chi connectivity index (χ4n) is 0.601. The first-order valence-electron chi connectivity index (χ1n) is 2.79. The zero-order valence-corrected chi connectivity index (χ0v) is 6.31. The summed E-state index contributed by atoms with van der Waals surface area (Å²) in [7, 11) is 0. The van der Waals surface area contributed by atoms with Crippen LogP contribution < -0.4 is 4.72 Å². The number of rotatable bonds is 1. The van der Waals surface area contributed by atoms with Crippen molar-refractivity contribution in [3.05, 3.63) is 29.8 Å². The Hall–Kier alpha value is -1.10. The van der Waals surface area contributed by atoms with Gasteiger partial charge in [0, 0.05) is 6.20 Å². The summed E-state index contributed by atoms with van der Waals surface area (Å²) < 4.78 is 14.5. The topological polar surface area (TPSA) is 42.0 Å². The highest BCUT2D eigenvalue weighted by atomic mass is 32.1. The monoisotopic (exact) mass is 172 g/mol. The first-order valence-corrected chi connectivity index (χ1v) is 3.24. The molecule has 0 aliphatic rings. The third kappa shape index (κ3) is 1.91. The number of carbonyl (C=O) groups is 1. The number of nitrogens with zero attached hydrogens (tertiary/aromatic N) is 1. The molecule has 0 radical (unpaired) electrons. The molecule has 3 nitrogen and oxygen atoms in total. The fraction of sp³-hybridized carbons (Fsp3) is 0. The lowest BCUT2D eigenvalue weighted by atomic mass is 10.3. The van der Waals surface area contributed by atoms with Crippen LogP contribution in [0.1, 0.15) is 10.4 Å². The third-order valence-corrected chi connectivity index (χ3v) is 1.27. The quantitative estimate of drug-likeness (QED) is 0.615. The van der Waals surface area contributed by atoms with E-state index in [0.29, 0.717) is 0 Å². The summed E-state index contributed by atoms with van der Waals surface area (Å²) in [5.41, 5.74) is 0.153. The van der Waals surface area contributed by atoms with Gasteiger partial charge in [0.25, 0.3) is 5.91 Å². The van der Waals surface area contributed by atoms with Crippen molar-refractivity contribution in [1.82, 2.24) is 9.71 Å². The van der Waals surface area contributed by atoms with Crippen LogP contribution in [0.25, 0.3) is 0 Å². The fourth-order valence-corrected chi connectivity index (χ4v) is 0.730. The van der Waals surface area contributed by atoms with Gasteiger partial charge >= 0.3 is 0 Å². The van der Waals surface area contributed by atoms with Crippen LogP contribution in [-0.2, 0) is 0 Å². The number of halogens is 1. The molecule has 0 unspecified atom stereocenters. The van der Waals surface area contributed by atoms with Crippen molar-refractivity contribution in [3.63, 3.8) is 0 Å². The van der Waals surface area contributed by atoms with Crippen molar-refractivity contribution in [2.24, 2.45) is 0 Å². The number of aromatic nitrogens is 1. The van der Waals surface area contributed by atoms with E-state index in [2.05, 4.69) is 22.5 Å². The normalized spacial score (nSPS) is 9.27. The van der Waals surface area contributed by atoms with Gasteiger partial charge in [0.1, 0.15) is 5.82 Å². The van der Waals surface area contributed by atoms with Crippen LogP contribution in [0.4, 0.5) is 4.39 Å². The number of thiol groups is 1. The molecule has 0 bridgehead atoms. The molecule has 1 aromatic rings. The SMILES string of the molecule is O=C(NS)c1cncc(F)c1. The van der Waals surface area contributed by atoms with E-state index < -0.39 is 11.7 Å². The second-order valence-corrected chi connectivity index (χ2v) is 2.06. The van der Waals surface area contributed by atoms with Gasteiger partial charge in [0.05, 0.1) is 11.8 Å². The molecule has 0 aliphatic heterocycles. The van der Waals surface area contributed by atoms with E-state index in [0.717, 1.165) is 12.3 Å². The Bertz CT molecular complexity index is 279. The average Bonchev–Trinajstić information content (AvgIpc) is 2.03. The van der Waals surface area contributed by atoms with Crippen LogP contribution in [-0.4, -0.2) is 10.9 Å². The highest BCUT2D eigenvalue weighted by molar-refractivity contribution is 7.78. The van der Waals surface area contributed by atoms with Gasteiger partial charge in [-0.05, 0) is 6.07 Å². The molecule has 0 aromatic carbocycles. The van der Waals surface area contributed by atoms with E-state index in [9.17, 15) is 9.18 Å². The van der Waals surface area contributed by atoms with Crippen molar-refractivity contribution in [2.45, 2.75) is 0 Å². The Morgan fingerprint density at radius 3 is 2.91 bits per heavy atom. The molecule has 1 aromatic heterocycles. The molecular formula is C6H5FN2OS. The van der Waals surface area contributed by atoms with Crippen LogP contribution in [0, 0.1) is 5.82 Å². The number of carbonyl (C=O) groups excluding carboxylic acids is 1. The minimum Gasteiger partial charge on any atom is -0.299 e. The summed E-state index contributed by atoms with van der Waals surface area (Å²) in [6.45, 7) is 0. The number of nitrogens with one attached hydrogen (secondary N) is 1. The predicted octanol–water partition coefficient (Wildman–Crippen LogP) is 0.795. The van der Waals surface area contributed by atoms with Gasteiger partial charge in [0.15, 0.2) is 0 Å². The number of hydrogen-bond acceptors (Lipinski definition) is 3. The highest BCUT2D eigenvalue weighted by Gasteiger charge is 2.03. The second-order valence-electron chi connectivity index (χ2n) is 1.83. The van der Waals surface area contributed by atoms with Gasteiger partial charge < -0.3 is 0 Å². The van der Waals surface area contributed by atoms with E-state index in [4.69, 9.17) is 0 Å². The smallest absolute Gasteiger partial charge is 0.262 e. The van der Waals surface area contributed by atoms with E-state index in [1.165, 1.54) is 6.20 Å². The lowest BCUT2D eigenvalue weighted by molar-refractivity contribution is 0.0984. The van der Waals surface area contributed by atoms with Gasteiger partial charge in [-0.1, -0.05) is 12.8 Å². The second kappa shape index (κ2) is 3.34. The molecule has 0 saturated carbocycles. The van der Waals surface area contributed by atoms with Gasteiger partial charge in [-0.15, -0.1) is 0 Å². The average molecular weight is 172 g/mol. The van der Waals surface area contributed by atoms with Crippen LogP contribution >= 0.6 is 12.8 Å². The molecule has 0 fully saturated rings. The molecule has 1 heterocycles. The summed E-state index contributed by atoms with van der Waals surface area (Å²) in [5.74, 6) is -1.01. The minimum atomic E-state index is -0.542. The zero-order valence-electron chi connectivity index (χ0n) is 5.41. The van der Waals surface area contributed by atoms with Crippen molar-refractivity contribution in [3.8, 4) is 0 Å². The van der Waals surface area contributed by atoms with E-state index in [1.54, 1.807) is 0 Å². The Kier molecular flexibility index (Phi) is 2.43. The number of pyridine rings is 1. The molecule has 11 heavy (non-hydrogen) atoms. The van der Waals surface area contributed by atoms with Gasteiger partial charge in [-0.3, -0.25) is 14.5 Å². The molecular weight excluding hydrogens is 167 g/mol. The third-order valence-electron chi connectivity index (χ3n) is 1.07. The molecule has 5 heteroatoms. The largest absolute Gasteiger partial charge is 0.299 e. The first-order chi connectivity index (χ1) is 5.24. The van der Waals surface area contributed by atoms with Gasteiger partial charge in [-0.2, -0.15) is 0 Å². The first kappa shape index (κ1) is 8.00. The molecule has 0 aliphatic carbocycles. The standard InChI is InChI=1S/C6H5FN2OS/c7-5-1-4(2-8-3-5)6(10)9-11/h1-3,11H,(H,9,10). The van der Waals surface area contributed by atoms with Gasteiger partial charge in [-0.25, -0.2) is 4.39 Å². The lowest BCUT2D eigenvalue weighted by Gasteiger charge is -1.96. The maximum atomic E-state index is 12.4. The summed E-state index contributed by atoms with van der Waals surface area (Å²) in [5, 5.41) is 0. The number of hydrogen-bond donors (Lipinski definition) is 2. The zero-order chi connectivity index (χ0) is 8.27. The van der Waals surface area contributed by atoms with E-state index in [-0.39, 0.29) is 5.56 Å². The van der Waals surface area contributed by atoms with E-state index >= 15 is 0 Å². The van der Waals surface area contributed by atoms with Crippen molar-refractivity contribution in [2.75, 3.05) is 0 Å². The molecule has 0 saturated heterocycles. The predicted molar refractivity (Wildman–Crippen MR) is 40.6 cm³/mol. The summed E-state index contributed by atoms with van der Waals surface area (Å²) in [6, 6.07) is 1.08. The van der Waals surface area contributed by atoms with Crippen molar-refractivity contribution >= 4 is 18.7 Å². The Labute approximate surface area is 68.2 Å². The Morgan fingerprint density at radius 2 is 2.36 bits per heavy atom. The minimum absolute atomic E-state index is 0.153. The Balaban J connectivity index is 2.96. The summed E-state index contributed by atoms with van der Waals surface area (Å²) in [6.07, 6.45) is 2.28. The summed E-state index contributed by atoms with van der Waals surface area (Å²) in [4.78, 5) is 14.3. The maximum Gasteiger partial charge on any atom is 0.262 e. The lowest BCUT2D eigenvalue weighted by Crippen LogP contribution is -2.12. The molecule has 1 amide bonds. The van der Waals surface area contributed by atoms with Crippen LogP contribution in [0.2, 0.25) is 0 Å². The molecule has 0 atom stereocenters. The Morgan fingerprint density at radius 1 is 1.64 bits per heavy atom. The number of amides is 1. The molecule has 1 N–H and O–H groups in total. The van der Waals surface area contributed by atoms with Crippen molar-refractivity contribution < 1.29 is 9.18 Å². The van der Waals surface area contributed by atoms with E-state index in [1.807, 2.05) is 0 Å². The van der Waals surface area contributed by atoms with Crippen LogP contribution in [0.15, 0.2) is 18.5 Å². The van der Waals surface area contributed by atoms with Crippen LogP contribution in [0.5, 0.6) is 0 Å². The van der Waals surface area contributed by atoms with Gasteiger partial charge in [0.2, 0.25) is 0 Å². The molecule has 1 rings (SSSR count). The van der Waals surface area contributed by atoms with Crippen molar-refractivity contribution in [1.29, 1.82) is 0 Å². The molecule has 0 spiro atoms. The highest BCUT2D eigenvalue weighted by Crippen LogP contribution is 2.00. The molecule has 58 valence electrons. The maximum absolute atomic E-state index is 12.4.